The van der Waals surface area contributed by atoms with Crippen LogP contribution in [0, 0.1) is 0 Å². The highest BCUT2D eigenvalue weighted by molar-refractivity contribution is 5.61. The summed E-state index contributed by atoms with van der Waals surface area (Å²) < 4.78 is 43.7. The first-order valence-corrected chi connectivity index (χ1v) is 10.9. The van der Waals surface area contributed by atoms with Gasteiger partial charge in [-0.1, -0.05) is 0 Å². The van der Waals surface area contributed by atoms with Gasteiger partial charge in [-0.25, -0.2) is 0 Å². The fourth-order valence-corrected chi connectivity index (χ4v) is 3.95. The Morgan fingerprint density at radius 3 is 2.46 bits per heavy atom. The fraction of sp³-hybridized carbons (Fsp3) is 0.348. The van der Waals surface area contributed by atoms with E-state index in [0.717, 1.165) is 23.2 Å². The van der Waals surface area contributed by atoms with E-state index in [9.17, 15) is 27.9 Å². The van der Waals surface area contributed by atoms with Crippen molar-refractivity contribution >= 4 is 11.5 Å². The number of hydrogen-bond acceptors (Lipinski definition) is 7. The molecule has 3 aromatic rings. The van der Waals surface area contributed by atoms with Crippen LogP contribution in [0.4, 0.5) is 24.7 Å². The monoisotopic (exact) mass is 491 g/mol. The molecule has 2 aromatic heterocycles. The number of nitrogens with one attached hydrogen (secondary N) is 1. The van der Waals surface area contributed by atoms with E-state index in [1.165, 1.54) is 29.8 Å². The number of pyridine rings is 1. The SMILES string of the molecule is CC(O)(CN)Cn1cccc(Nc2nn(-c3ccc(OC(F)(F)F)cc3)c(=O)c3c2CCC3)c1=O. The highest BCUT2D eigenvalue weighted by Gasteiger charge is 2.31. The maximum Gasteiger partial charge on any atom is 0.573 e. The van der Waals surface area contributed by atoms with Gasteiger partial charge in [-0.05, 0) is 62.6 Å². The average Bonchev–Trinajstić information content (AvgIpc) is 3.29. The molecule has 35 heavy (non-hydrogen) atoms. The Hall–Kier alpha value is -3.64. The smallest absolute Gasteiger partial charge is 0.406 e. The summed E-state index contributed by atoms with van der Waals surface area (Å²) in [4.78, 5) is 26.0. The minimum absolute atomic E-state index is 0.0186. The Morgan fingerprint density at radius 2 is 1.80 bits per heavy atom. The van der Waals surface area contributed by atoms with E-state index in [0.29, 0.717) is 29.8 Å². The van der Waals surface area contributed by atoms with E-state index in [4.69, 9.17) is 5.73 Å². The van der Waals surface area contributed by atoms with Gasteiger partial charge in [-0.2, -0.15) is 4.68 Å². The fourth-order valence-electron chi connectivity index (χ4n) is 3.95. The van der Waals surface area contributed by atoms with Crippen LogP contribution in [0.15, 0.2) is 52.2 Å². The molecule has 1 aliphatic rings. The van der Waals surface area contributed by atoms with Crippen molar-refractivity contribution in [3.8, 4) is 11.4 Å². The van der Waals surface area contributed by atoms with Crippen LogP contribution in [-0.2, 0) is 19.4 Å². The predicted octanol–water partition coefficient (Wildman–Crippen LogP) is 2.23. The van der Waals surface area contributed by atoms with Crippen LogP contribution >= 0.6 is 0 Å². The number of halogens is 3. The Bertz CT molecular complexity index is 1350. The van der Waals surface area contributed by atoms with Gasteiger partial charge in [0.15, 0.2) is 5.82 Å². The van der Waals surface area contributed by atoms with Crippen LogP contribution in [0.5, 0.6) is 5.75 Å². The zero-order valence-electron chi connectivity index (χ0n) is 18.8. The van der Waals surface area contributed by atoms with Gasteiger partial charge in [-0.15, -0.1) is 18.3 Å². The molecule has 0 bridgehead atoms. The van der Waals surface area contributed by atoms with Crippen molar-refractivity contribution in [1.82, 2.24) is 14.3 Å². The molecule has 0 radical (unpaired) electrons. The summed E-state index contributed by atoms with van der Waals surface area (Å²) in [5.74, 6) is -0.125. The molecule has 0 aliphatic heterocycles. The number of hydrogen-bond donors (Lipinski definition) is 3. The summed E-state index contributed by atoms with van der Waals surface area (Å²) >= 11 is 0. The minimum Gasteiger partial charge on any atom is -0.406 e. The first-order valence-electron chi connectivity index (χ1n) is 10.9. The van der Waals surface area contributed by atoms with Gasteiger partial charge in [0.2, 0.25) is 0 Å². The molecule has 0 amide bonds. The number of ether oxygens (including phenoxy) is 1. The van der Waals surface area contributed by atoms with Gasteiger partial charge in [0.25, 0.3) is 11.1 Å². The van der Waals surface area contributed by atoms with E-state index in [2.05, 4.69) is 15.2 Å². The highest BCUT2D eigenvalue weighted by atomic mass is 19.4. The number of benzene rings is 1. The van der Waals surface area contributed by atoms with Crippen molar-refractivity contribution in [3.05, 3.63) is 74.4 Å². The standard InChI is InChI=1S/C23H24F3N5O4/c1-22(34,12-27)13-30-11-3-6-18(21(30)33)28-19-16-4-2-5-17(16)20(32)31(29-19)14-7-9-15(10-8-14)35-23(24,25)26/h3,6-11,34H,2,4-5,12-13,27H2,1H3,(H,28,29). The third-order valence-corrected chi connectivity index (χ3v) is 5.69. The van der Waals surface area contributed by atoms with Crippen molar-refractivity contribution in [2.45, 2.75) is 44.7 Å². The topological polar surface area (TPSA) is 124 Å². The molecule has 0 fully saturated rings. The molecule has 2 heterocycles. The summed E-state index contributed by atoms with van der Waals surface area (Å²) in [5, 5.41) is 17.7. The second-order valence-corrected chi connectivity index (χ2v) is 8.60. The number of aromatic nitrogens is 3. The highest BCUT2D eigenvalue weighted by Crippen LogP contribution is 2.28. The summed E-state index contributed by atoms with van der Waals surface area (Å²) in [6.45, 7) is 1.47. The zero-order valence-corrected chi connectivity index (χ0v) is 18.8. The quantitative estimate of drug-likeness (QED) is 0.463. The molecular weight excluding hydrogens is 467 g/mol. The molecule has 0 spiro atoms. The van der Waals surface area contributed by atoms with Crippen LogP contribution in [0.1, 0.15) is 24.5 Å². The van der Waals surface area contributed by atoms with Gasteiger partial charge in [0.1, 0.15) is 11.4 Å². The maximum absolute atomic E-state index is 13.0. The zero-order chi connectivity index (χ0) is 25.4. The largest absolute Gasteiger partial charge is 0.573 e. The van der Waals surface area contributed by atoms with E-state index in [1.54, 1.807) is 12.1 Å². The van der Waals surface area contributed by atoms with Crippen LogP contribution in [0.25, 0.3) is 5.69 Å². The molecule has 186 valence electrons. The van der Waals surface area contributed by atoms with Gasteiger partial charge >= 0.3 is 6.36 Å². The molecule has 12 heteroatoms. The van der Waals surface area contributed by atoms with Gasteiger partial charge in [0.05, 0.1) is 17.8 Å². The van der Waals surface area contributed by atoms with Gasteiger partial charge in [0, 0.05) is 23.9 Å². The Balaban J connectivity index is 1.72. The summed E-state index contributed by atoms with van der Waals surface area (Å²) in [5.41, 5.74) is 5.13. The third kappa shape index (κ3) is 5.38. The van der Waals surface area contributed by atoms with Crippen molar-refractivity contribution in [2.75, 3.05) is 11.9 Å². The molecule has 4 rings (SSSR count). The number of nitrogens with zero attached hydrogens (tertiary/aromatic N) is 3. The molecule has 1 aromatic carbocycles. The molecule has 4 N–H and O–H groups in total. The molecule has 9 nitrogen and oxygen atoms in total. The normalized spacial score (nSPS) is 14.9. The number of anilines is 2. The van der Waals surface area contributed by atoms with Gasteiger partial charge < -0.3 is 25.5 Å². The van der Waals surface area contributed by atoms with Crippen LogP contribution in [0.3, 0.4) is 0 Å². The van der Waals surface area contributed by atoms with Crippen molar-refractivity contribution < 1.29 is 23.0 Å². The summed E-state index contributed by atoms with van der Waals surface area (Å²) in [7, 11) is 0. The van der Waals surface area contributed by atoms with E-state index < -0.39 is 23.3 Å². The van der Waals surface area contributed by atoms with Crippen molar-refractivity contribution in [2.24, 2.45) is 5.73 Å². The lowest BCUT2D eigenvalue weighted by Crippen LogP contribution is -2.41. The third-order valence-electron chi connectivity index (χ3n) is 5.69. The molecular formula is C23H24F3N5O4. The van der Waals surface area contributed by atoms with Crippen molar-refractivity contribution in [1.29, 1.82) is 0 Å². The number of aliphatic hydroxyl groups is 1. The van der Waals surface area contributed by atoms with E-state index in [1.807, 2.05) is 0 Å². The average molecular weight is 491 g/mol. The first kappa shape index (κ1) is 24.5. The molecule has 0 saturated carbocycles. The number of alkyl halides is 3. The predicted molar refractivity (Wildman–Crippen MR) is 122 cm³/mol. The van der Waals surface area contributed by atoms with Crippen LogP contribution in [-0.4, -0.2) is 38.0 Å². The number of nitrogens with two attached hydrogens (primary N) is 1. The molecule has 0 saturated heterocycles. The summed E-state index contributed by atoms with van der Waals surface area (Å²) in [6, 6.07) is 7.96. The lowest BCUT2D eigenvalue weighted by molar-refractivity contribution is -0.274. The summed E-state index contributed by atoms with van der Waals surface area (Å²) in [6.07, 6.45) is -1.48. The lowest BCUT2D eigenvalue weighted by Gasteiger charge is -2.22. The molecule has 1 unspecified atom stereocenters. The molecule has 1 atom stereocenters. The van der Waals surface area contributed by atoms with Crippen LogP contribution < -0.4 is 26.9 Å². The first-order chi connectivity index (χ1) is 16.5. The number of rotatable bonds is 7. The molecule has 1 aliphatic carbocycles. The van der Waals surface area contributed by atoms with E-state index >= 15 is 0 Å². The Morgan fingerprint density at radius 1 is 1.11 bits per heavy atom. The second-order valence-electron chi connectivity index (χ2n) is 8.60. The Kier molecular flexibility index (Phi) is 6.43. The minimum atomic E-state index is -4.83. The Labute approximate surface area is 197 Å². The van der Waals surface area contributed by atoms with Crippen LogP contribution in [0.2, 0.25) is 0 Å². The second kappa shape index (κ2) is 9.19. The van der Waals surface area contributed by atoms with Gasteiger partial charge in [-0.3, -0.25) is 9.59 Å². The van der Waals surface area contributed by atoms with Crippen molar-refractivity contribution in [3.63, 3.8) is 0 Å². The number of fused-ring (bicyclic) bond motifs is 1. The maximum atomic E-state index is 13.0. The van der Waals surface area contributed by atoms with E-state index in [-0.39, 0.29) is 30.0 Å². The lowest BCUT2D eigenvalue weighted by atomic mass is 10.1.